The number of amides is 1. The quantitative estimate of drug-likeness (QED) is 0.735. The number of likely N-dealkylation sites (N-methyl/N-ethyl adjacent to an activating group) is 1. The molecule has 0 radical (unpaired) electrons. The minimum atomic E-state index is -0.468. The molecule has 0 aliphatic rings. The molecule has 8 nitrogen and oxygen atoms in total. The van der Waals surface area contributed by atoms with Gasteiger partial charge in [0.15, 0.2) is 5.69 Å². The van der Waals surface area contributed by atoms with Gasteiger partial charge in [0.1, 0.15) is 5.82 Å². The summed E-state index contributed by atoms with van der Waals surface area (Å²) in [6.07, 6.45) is 0. The third kappa shape index (κ3) is 5.54. The molecule has 1 aromatic heterocycles. The van der Waals surface area contributed by atoms with Gasteiger partial charge in [0, 0.05) is 18.8 Å². The number of methoxy groups -OCH3 is 1. The van der Waals surface area contributed by atoms with E-state index in [2.05, 4.69) is 25.6 Å². The van der Waals surface area contributed by atoms with E-state index in [0.29, 0.717) is 17.1 Å². The van der Waals surface area contributed by atoms with Crippen LogP contribution < -0.4 is 10.6 Å². The van der Waals surface area contributed by atoms with E-state index in [-0.39, 0.29) is 5.69 Å². The first kappa shape index (κ1) is 18.3. The predicted molar refractivity (Wildman–Crippen MR) is 94.8 cm³/mol. The van der Waals surface area contributed by atoms with Crippen molar-refractivity contribution >= 4 is 23.4 Å². The SMILES string of the molecule is COC(=O)c1cccc(NC(=O)c2ccc(NCCN(C)C)nn2)c1. The molecule has 0 bridgehead atoms. The van der Waals surface area contributed by atoms with Gasteiger partial charge in [0.2, 0.25) is 0 Å². The van der Waals surface area contributed by atoms with Crippen LogP contribution in [0.3, 0.4) is 0 Å². The molecular formula is C17H21N5O3. The van der Waals surface area contributed by atoms with Crippen LogP contribution in [0.15, 0.2) is 36.4 Å². The second kappa shape index (κ2) is 8.74. The van der Waals surface area contributed by atoms with Crippen LogP contribution in [0.25, 0.3) is 0 Å². The first-order valence-electron chi connectivity index (χ1n) is 7.71. The topological polar surface area (TPSA) is 96.4 Å². The number of hydrogen-bond acceptors (Lipinski definition) is 7. The van der Waals surface area contributed by atoms with E-state index in [4.69, 9.17) is 0 Å². The molecule has 0 saturated heterocycles. The fraction of sp³-hybridized carbons (Fsp3) is 0.294. The van der Waals surface area contributed by atoms with Gasteiger partial charge < -0.3 is 20.3 Å². The molecule has 0 spiro atoms. The standard InChI is InChI=1S/C17H21N5O3/c1-22(2)10-9-18-15-8-7-14(20-21-15)16(23)19-13-6-4-5-12(11-13)17(24)25-3/h4-8,11H,9-10H2,1-3H3,(H,18,21)(H,19,23). The average Bonchev–Trinajstić information content (AvgIpc) is 2.61. The molecule has 0 atom stereocenters. The fourth-order valence-electron chi connectivity index (χ4n) is 1.99. The number of esters is 1. The van der Waals surface area contributed by atoms with Crippen LogP contribution in [0, 0.1) is 0 Å². The molecule has 2 rings (SSSR count). The summed E-state index contributed by atoms with van der Waals surface area (Å²) in [7, 11) is 5.27. The Morgan fingerprint density at radius 1 is 1.16 bits per heavy atom. The number of ether oxygens (including phenoxy) is 1. The monoisotopic (exact) mass is 343 g/mol. The molecule has 0 fully saturated rings. The molecule has 1 amide bonds. The maximum absolute atomic E-state index is 12.2. The van der Waals surface area contributed by atoms with Crippen molar-refractivity contribution in [2.24, 2.45) is 0 Å². The number of anilines is 2. The van der Waals surface area contributed by atoms with Crippen LogP contribution in [0.1, 0.15) is 20.8 Å². The zero-order valence-electron chi connectivity index (χ0n) is 14.4. The molecular weight excluding hydrogens is 322 g/mol. The third-order valence-electron chi connectivity index (χ3n) is 3.30. The van der Waals surface area contributed by atoms with E-state index in [1.807, 2.05) is 19.0 Å². The van der Waals surface area contributed by atoms with E-state index >= 15 is 0 Å². The summed E-state index contributed by atoms with van der Waals surface area (Å²) in [6.45, 7) is 1.59. The van der Waals surface area contributed by atoms with E-state index in [0.717, 1.165) is 13.1 Å². The number of carbonyl (C=O) groups is 2. The van der Waals surface area contributed by atoms with E-state index in [9.17, 15) is 9.59 Å². The van der Waals surface area contributed by atoms with Crippen molar-refractivity contribution in [2.45, 2.75) is 0 Å². The van der Waals surface area contributed by atoms with Crippen LogP contribution in [0.4, 0.5) is 11.5 Å². The number of rotatable bonds is 7. The van der Waals surface area contributed by atoms with Gasteiger partial charge in [-0.05, 0) is 44.4 Å². The molecule has 8 heteroatoms. The summed E-state index contributed by atoms with van der Waals surface area (Å²) >= 11 is 0. The summed E-state index contributed by atoms with van der Waals surface area (Å²) < 4.78 is 4.66. The zero-order valence-corrected chi connectivity index (χ0v) is 14.4. The third-order valence-corrected chi connectivity index (χ3v) is 3.30. The van der Waals surface area contributed by atoms with E-state index in [1.54, 1.807) is 30.3 Å². The van der Waals surface area contributed by atoms with Crippen LogP contribution in [-0.2, 0) is 4.74 Å². The van der Waals surface area contributed by atoms with Gasteiger partial charge in [-0.2, -0.15) is 0 Å². The highest BCUT2D eigenvalue weighted by Crippen LogP contribution is 2.13. The van der Waals surface area contributed by atoms with Crippen molar-refractivity contribution in [1.82, 2.24) is 15.1 Å². The Balaban J connectivity index is 1.98. The van der Waals surface area contributed by atoms with Crippen molar-refractivity contribution in [3.05, 3.63) is 47.7 Å². The Hall–Kier alpha value is -3.00. The largest absolute Gasteiger partial charge is 0.465 e. The Kier molecular flexibility index (Phi) is 6.41. The Morgan fingerprint density at radius 2 is 1.96 bits per heavy atom. The summed E-state index contributed by atoms with van der Waals surface area (Å²) in [5.41, 5.74) is 1.01. The molecule has 132 valence electrons. The minimum absolute atomic E-state index is 0.182. The van der Waals surface area contributed by atoms with Crippen LogP contribution in [0.2, 0.25) is 0 Å². The van der Waals surface area contributed by atoms with Gasteiger partial charge in [0.05, 0.1) is 12.7 Å². The van der Waals surface area contributed by atoms with Gasteiger partial charge in [0.25, 0.3) is 5.91 Å². The maximum atomic E-state index is 12.2. The molecule has 0 aliphatic carbocycles. The lowest BCUT2D eigenvalue weighted by atomic mass is 10.2. The zero-order chi connectivity index (χ0) is 18.2. The molecule has 0 saturated carbocycles. The minimum Gasteiger partial charge on any atom is -0.465 e. The number of carbonyl (C=O) groups excluding carboxylic acids is 2. The van der Waals surface area contributed by atoms with Crippen molar-refractivity contribution < 1.29 is 14.3 Å². The number of hydrogen-bond donors (Lipinski definition) is 2. The van der Waals surface area contributed by atoms with E-state index < -0.39 is 11.9 Å². The van der Waals surface area contributed by atoms with Crippen LogP contribution in [-0.4, -0.2) is 61.3 Å². The van der Waals surface area contributed by atoms with Crippen LogP contribution >= 0.6 is 0 Å². The molecule has 25 heavy (non-hydrogen) atoms. The second-order valence-corrected chi connectivity index (χ2v) is 5.56. The van der Waals surface area contributed by atoms with Gasteiger partial charge in [-0.1, -0.05) is 6.07 Å². The Morgan fingerprint density at radius 3 is 2.60 bits per heavy atom. The second-order valence-electron chi connectivity index (χ2n) is 5.56. The van der Waals surface area contributed by atoms with Crippen molar-refractivity contribution in [1.29, 1.82) is 0 Å². The molecule has 0 unspecified atom stereocenters. The lowest BCUT2D eigenvalue weighted by Crippen LogP contribution is -2.21. The number of nitrogens with one attached hydrogen (secondary N) is 2. The summed E-state index contributed by atoms with van der Waals surface area (Å²) in [6, 6.07) is 9.76. The molecule has 1 aromatic carbocycles. The van der Waals surface area contributed by atoms with Gasteiger partial charge in [-0.15, -0.1) is 10.2 Å². The number of aromatic nitrogens is 2. The normalized spacial score (nSPS) is 10.4. The predicted octanol–water partition coefficient (Wildman–Crippen LogP) is 1.49. The smallest absolute Gasteiger partial charge is 0.337 e. The molecule has 2 aromatic rings. The summed E-state index contributed by atoms with van der Waals surface area (Å²) in [5.74, 6) is -0.274. The first-order valence-corrected chi connectivity index (χ1v) is 7.71. The lowest BCUT2D eigenvalue weighted by Gasteiger charge is -2.10. The number of nitrogens with zero attached hydrogens (tertiary/aromatic N) is 3. The summed E-state index contributed by atoms with van der Waals surface area (Å²) in [4.78, 5) is 25.8. The van der Waals surface area contributed by atoms with Crippen LogP contribution in [0.5, 0.6) is 0 Å². The highest BCUT2D eigenvalue weighted by atomic mass is 16.5. The average molecular weight is 343 g/mol. The van der Waals surface area contributed by atoms with Crippen molar-refractivity contribution in [2.75, 3.05) is 44.9 Å². The maximum Gasteiger partial charge on any atom is 0.337 e. The number of benzene rings is 1. The van der Waals surface area contributed by atoms with E-state index in [1.165, 1.54) is 13.2 Å². The first-order chi connectivity index (χ1) is 12.0. The Bertz CT molecular complexity index is 731. The van der Waals surface area contributed by atoms with Crippen molar-refractivity contribution in [3.8, 4) is 0 Å². The molecule has 0 aliphatic heterocycles. The van der Waals surface area contributed by atoms with Gasteiger partial charge in [-0.3, -0.25) is 4.79 Å². The fourth-order valence-corrected chi connectivity index (χ4v) is 1.99. The highest BCUT2D eigenvalue weighted by molar-refractivity contribution is 6.03. The molecule has 2 N–H and O–H groups in total. The molecule has 1 heterocycles. The summed E-state index contributed by atoms with van der Waals surface area (Å²) in [5, 5.41) is 13.7. The highest BCUT2D eigenvalue weighted by Gasteiger charge is 2.11. The Labute approximate surface area is 146 Å². The lowest BCUT2D eigenvalue weighted by molar-refractivity contribution is 0.0600. The van der Waals surface area contributed by atoms with Crippen molar-refractivity contribution in [3.63, 3.8) is 0 Å². The van der Waals surface area contributed by atoms with Gasteiger partial charge >= 0.3 is 5.97 Å². The van der Waals surface area contributed by atoms with Gasteiger partial charge in [-0.25, -0.2) is 4.79 Å².